The predicted molar refractivity (Wildman–Crippen MR) is 57.7 cm³/mol. The number of pyridine rings is 1. The number of nitrogens with zero attached hydrogens (tertiary/aromatic N) is 1. The van der Waals surface area contributed by atoms with E-state index in [1.807, 2.05) is 6.20 Å². The first kappa shape index (κ1) is 9.00. The van der Waals surface area contributed by atoms with Crippen molar-refractivity contribution in [1.29, 1.82) is 0 Å². The predicted octanol–water partition coefficient (Wildman–Crippen LogP) is 3.05. The van der Waals surface area contributed by atoms with Crippen LogP contribution in [-0.2, 0) is 0 Å². The molecule has 1 aliphatic carbocycles. The SMILES string of the molecule is CC(Nc1cncc(Br)c1)C1CC1. The van der Waals surface area contributed by atoms with Gasteiger partial charge in [-0.15, -0.1) is 0 Å². The summed E-state index contributed by atoms with van der Waals surface area (Å²) in [6, 6.07) is 2.64. The van der Waals surface area contributed by atoms with Crippen LogP contribution in [-0.4, -0.2) is 11.0 Å². The van der Waals surface area contributed by atoms with Gasteiger partial charge in [0.05, 0.1) is 11.9 Å². The number of hydrogen-bond donors (Lipinski definition) is 1. The Labute approximate surface area is 86.9 Å². The Morgan fingerprint density at radius 2 is 2.31 bits per heavy atom. The van der Waals surface area contributed by atoms with Crippen molar-refractivity contribution in [3.05, 3.63) is 22.9 Å². The van der Waals surface area contributed by atoms with E-state index in [2.05, 4.69) is 39.2 Å². The third-order valence-corrected chi connectivity index (χ3v) is 2.86. The van der Waals surface area contributed by atoms with Gasteiger partial charge in [-0.3, -0.25) is 4.98 Å². The minimum atomic E-state index is 0.580. The van der Waals surface area contributed by atoms with Gasteiger partial charge in [-0.25, -0.2) is 0 Å². The molecule has 2 rings (SSSR count). The molecule has 1 aromatic heterocycles. The fraction of sp³-hybridized carbons (Fsp3) is 0.500. The topological polar surface area (TPSA) is 24.9 Å². The Morgan fingerprint density at radius 1 is 1.54 bits per heavy atom. The lowest BCUT2D eigenvalue weighted by Crippen LogP contribution is -2.17. The average Bonchev–Trinajstić information content (AvgIpc) is 2.85. The second kappa shape index (κ2) is 3.66. The van der Waals surface area contributed by atoms with Gasteiger partial charge in [0.2, 0.25) is 0 Å². The maximum absolute atomic E-state index is 4.11. The molecule has 0 bridgehead atoms. The molecule has 1 aromatic rings. The van der Waals surface area contributed by atoms with Crippen molar-refractivity contribution in [3.63, 3.8) is 0 Å². The summed E-state index contributed by atoms with van der Waals surface area (Å²) in [5.41, 5.74) is 1.11. The fourth-order valence-electron chi connectivity index (χ4n) is 1.47. The van der Waals surface area contributed by atoms with Gasteiger partial charge >= 0.3 is 0 Å². The van der Waals surface area contributed by atoms with Gasteiger partial charge in [0, 0.05) is 16.7 Å². The lowest BCUT2D eigenvalue weighted by molar-refractivity contribution is 0.693. The molecule has 3 heteroatoms. The number of rotatable bonds is 3. The van der Waals surface area contributed by atoms with Crippen molar-refractivity contribution < 1.29 is 0 Å². The van der Waals surface area contributed by atoms with E-state index in [1.54, 1.807) is 6.20 Å². The van der Waals surface area contributed by atoms with E-state index in [-0.39, 0.29) is 0 Å². The molecule has 0 saturated heterocycles. The smallest absolute Gasteiger partial charge is 0.0540 e. The van der Waals surface area contributed by atoms with Gasteiger partial charge in [0.1, 0.15) is 0 Å². The van der Waals surface area contributed by atoms with Gasteiger partial charge in [-0.1, -0.05) is 0 Å². The molecule has 70 valence electrons. The van der Waals surface area contributed by atoms with Crippen LogP contribution in [0.1, 0.15) is 19.8 Å². The average molecular weight is 241 g/mol. The summed E-state index contributed by atoms with van der Waals surface area (Å²) in [6.07, 6.45) is 6.40. The van der Waals surface area contributed by atoms with Gasteiger partial charge in [0.25, 0.3) is 0 Å². The summed E-state index contributed by atoms with van der Waals surface area (Å²) in [5, 5.41) is 3.45. The molecule has 1 N–H and O–H groups in total. The quantitative estimate of drug-likeness (QED) is 0.879. The van der Waals surface area contributed by atoms with E-state index in [9.17, 15) is 0 Å². The normalized spacial score (nSPS) is 18.3. The van der Waals surface area contributed by atoms with Crippen LogP contribution in [0.4, 0.5) is 5.69 Å². The number of aromatic nitrogens is 1. The minimum absolute atomic E-state index is 0.580. The van der Waals surface area contributed by atoms with Crippen molar-refractivity contribution in [2.75, 3.05) is 5.32 Å². The van der Waals surface area contributed by atoms with Gasteiger partial charge < -0.3 is 5.32 Å². The fourth-order valence-corrected chi connectivity index (χ4v) is 1.83. The molecule has 0 aliphatic heterocycles. The van der Waals surface area contributed by atoms with Crippen molar-refractivity contribution in [3.8, 4) is 0 Å². The molecule has 0 amide bonds. The lowest BCUT2D eigenvalue weighted by atomic mass is 10.2. The highest BCUT2D eigenvalue weighted by molar-refractivity contribution is 9.10. The van der Waals surface area contributed by atoms with Crippen LogP contribution in [0.2, 0.25) is 0 Å². The molecule has 1 saturated carbocycles. The monoisotopic (exact) mass is 240 g/mol. The van der Waals surface area contributed by atoms with Gasteiger partial charge in [-0.05, 0) is 47.7 Å². The third kappa shape index (κ3) is 2.44. The van der Waals surface area contributed by atoms with Gasteiger partial charge in [0.15, 0.2) is 0 Å². The maximum atomic E-state index is 4.11. The molecular formula is C10H13BrN2. The Bertz CT molecular complexity index is 297. The van der Waals surface area contributed by atoms with E-state index in [0.29, 0.717) is 6.04 Å². The Kier molecular flexibility index (Phi) is 2.54. The molecule has 13 heavy (non-hydrogen) atoms. The summed E-state index contributed by atoms with van der Waals surface area (Å²) >= 11 is 3.40. The molecule has 1 fully saturated rings. The van der Waals surface area contributed by atoms with Crippen LogP contribution in [0, 0.1) is 5.92 Å². The summed E-state index contributed by atoms with van der Waals surface area (Å²) in [4.78, 5) is 4.11. The number of nitrogens with one attached hydrogen (secondary N) is 1. The summed E-state index contributed by atoms with van der Waals surface area (Å²) in [6.45, 7) is 2.23. The molecule has 0 radical (unpaired) electrons. The van der Waals surface area contributed by atoms with E-state index in [1.165, 1.54) is 12.8 Å². The molecule has 1 heterocycles. The zero-order valence-corrected chi connectivity index (χ0v) is 9.21. The summed E-state index contributed by atoms with van der Waals surface area (Å²) in [5.74, 6) is 0.874. The van der Waals surface area contributed by atoms with E-state index >= 15 is 0 Å². The summed E-state index contributed by atoms with van der Waals surface area (Å²) in [7, 11) is 0. The van der Waals surface area contributed by atoms with Crippen LogP contribution in [0.3, 0.4) is 0 Å². The molecule has 2 nitrogen and oxygen atoms in total. The summed E-state index contributed by atoms with van der Waals surface area (Å²) < 4.78 is 1.03. The Hall–Kier alpha value is -0.570. The van der Waals surface area contributed by atoms with Crippen LogP contribution >= 0.6 is 15.9 Å². The molecule has 0 spiro atoms. The van der Waals surface area contributed by atoms with Crippen LogP contribution in [0.25, 0.3) is 0 Å². The maximum Gasteiger partial charge on any atom is 0.0540 e. The molecule has 0 aromatic carbocycles. The number of halogens is 1. The molecule has 1 atom stereocenters. The first-order valence-corrected chi connectivity index (χ1v) is 5.42. The second-order valence-corrected chi connectivity index (χ2v) is 4.58. The largest absolute Gasteiger partial charge is 0.381 e. The lowest BCUT2D eigenvalue weighted by Gasteiger charge is -2.13. The highest BCUT2D eigenvalue weighted by Crippen LogP contribution is 2.33. The van der Waals surface area contributed by atoms with Crippen molar-refractivity contribution in [2.24, 2.45) is 5.92 Å². The minimum Gasteiger partial charge on any atom is -0.381 e. The Balaban J connectivity index is 2.00. The van der Waals surface area contributed by atoms with Crippen molar-refractivity contribution >= 4 is 21.6 Å². The second-order valence-electron chi connectivity index (χ2n) is 3.66. The van der Waals surface area contributed by atoms with Crippen LogP contribution in [0.15, 0.2) is 22.9 Å². The number of anilines is 1. The van der Waals surface area contributed by atoms with Crippen molar-refractivity contribution in [1.82, 2.24) is 4.98 Å². The molecular weight excluding hydrogens is 228 g/mol. The van der Waals surface area contributed by atoms with Crippen LogP contribution < -0.4 is 5.32 Å². The van der Waals surface area contributed by atoms with Gasteiger partial charge in [-0.2, -0.15) is 0 Å². The highest BCUT2D eigenvalue weighted by Gasteiger charge is 2.27. The first-order valence-electron chi connectivity index (χ1n) is 4.63. The number of hydrogen-bond acceptors (Lipinski definition) is 2. The first-order chi connectivity index (χ1) is 6.25. The molecule has 1 aliphatic rings. The van der Waals surface area contributed by atoms with E-state index in [4.69, 9.17) is 0 Å². The zero-order chi connectivity index (χ0) is 9.26. The van der Waals surface area contributed by atoms with Crippen molar-refractivity contribution in [2.45, 2.75) is 25.8 Å². The van der Waals surface area contributed by atoms with E-state index in [0.717, 1.165) is 16.1 Å². The van der Waals surface area contributed by atoms with E-state index < -0.39 is 0 Å². The third-order valence-electron chi connectivity index (χ3n) is 2.43. The van der Waals surface area contributed by atoms with Crippen LogP contribution in [0.5, 0.6) is 0 Å². The highest BCUT2D eigenvalue weighted by atomic mass is 79.9. The molecule has 1 unspecified atom stereocenters. The zero-order valence-electron chi connectivity index (χ0n) is 7.63. The Morgan fingerprint density at radius 3 is 2.92 bits per heavy atom. The standard InChI is InChI=1S/C10H13BrN2/c1-7(8-2-3-8)13-10-4-9(11)5-12-6-10/h4-8,13H,2-3H2,1H3.